The quantitative estimate of drug-likeness (QED) is 0.788. The summed E-state index contributed by atoms with van der Waals surface area (Å²) in [4.78, 5) is 19.2. The number of aliphatic imine (C=N–C) groups is 1. The first-order chi connectivity index (χ1) is 14.3. The van der Waals surface area contributed by atoms with Gasteiger partial charge in [0.1, 0.15) is 5.75 Å². The van der Waals surface area contributed by atoms with Gasteiger partial charge in [0.05, 0.1) is 0 Å². The molecule has 1 atom stereocenters. The number of benzene rings is 2. The van der Waals surface area contributed by atoms with Gasteiger partial charge in [-0.05, 0) is 60.7 Å². The molecule has 1 saturated carbocycles. The monoisotopic (exact) mass is 409 g/mol. The summed E-state index contributed by atoms with van der Waals surface area (Å²) in [7, 11) is 1.56. The van der Waals surface area contributed by atoms with Crippen molar-refractivity contribution in [2.75, 3.05) is 7.05 Å². The Balaban J connectivity index is 1.84. The maximum atomic E-state index is 13.3. The van der Waals surface area contributed by atoms with Crippen molar-refractivity contribution >= 4 is 11.9 Å². The van der Waals surface area contributed by atoms with Crippen molar-refractivity contribution in [2.45, 2.75) is 31.9 Å². The fraction of sp³-hybridized carbons (Fsp3) is 0.304. The Morgan fingerprint density at radius 1 is 1.23 bits per heavy atom. The first kappa shape index (κ1) is 19.9. The average Bonchev–Trinajstić information content (AvgIpc) is 3.51. The molecule has 2 aliphatic rings. The number of aryl methyl sites for hydroxylation is 1. The van der Waals surface area contributed by atoms with Gasteiger partial charge in [0, 0.05) is 18.5 Å². The Bertz CT molecular complexity index is 1100. The summed E-state index contributed by atoms with van der Waals surface area (Å²) in [5, 5.41) is 0. The topological polar surface area (TPSA) is 67.9 Å². The third-order valence-electron chi connectivity index (χ3n) is 5.33. The second-order valence-electron chi connectivity index (χ2n) is 7.53. The lowest BCUT2D eigenvalue weighted by atomic mass is 9.81. The van der Waals surface area contributed by atoms with E-state index >= 15 is 0 Å². The van der Waals surface area contributed by atoms with Crippen LogP contribution in [0.4, 0.5) is 8.78 Å². The molecule has 1 amide bonds. The van der Waals surface area contributed by atoms with Gasteiger partial charge in [0.25, 0.3) is 5.91 Å². The Kier molecular flexibility index (Phi) is 4.94. The van der Waals surface area contributed by atoms with Gasteiger partial charge >= 0.3 is 6.61 Å². The van der Waals surface area contributed by atoms with Gasteiger partial charge in [-0.15, -0.1) is 0 Å². The van der Waals surface area contributed by atoms with Crippen molar-refractivity contribution in [3.05, 3.63) is 64.7 Å². The van der Waals surface area contributed by atoms with Crippen molar-refractivity contribution in [2.24, 2.45) is 16.6 Å². The molecule has 0 radical (unpaired) electrons. The number of ether oxygens (including phenoxy) is 1. The van der Waals surface area contributed by atoms with Gasteiger partial charge < -0.3 is 10.5 Å². The fourth-order valence-electron chi connectivity index (χ4n) is 3.52. The summed E-state index contributed by atoms with van der Waals surface area (Å²) in [6.07, 6.45) is 2.24. The number of amides is 1. The van der Waals surface area contributed by atoms with Crippen LogP contribution < -0.4 is 10.5 Å². The number of hydrogen-bond acceptors (Lipinski definition) is 4. The van der Waals surface area contributed by atoms with Crippen LogP contribution in [0, 0.1) is 24.7 Å². The molecule has 1 heterocycles. The molecular formula is C23H21F2N3O2. The van der Waals surface area contributed by atoms with Crippen molar-refractivity contribution < 1.29 is 18.3 Å². The molecule has 0 saturated heterocycles. The highest BCUT2D eigenvalue weighted by molar-refractivity contribution is 6.09. The zero-order chi connectivity index (χ0) is 21.5. The van der Waals surface area contributed by atoms with Crippen LogP contribution >= 0.6 is 0 Å². The molecule has 0 spiro atoms. The third kappa shape index (κ3) is 3.50. The van der Waals surface area contributed by atoms with Gasteiger partial charge in [-0.1, -0.05) is 30.0 Å². The first-order valence-electron chi connectivity index (χ1n) is 9.63. The minimum Gasteiger partial charge on any atom is -0.435 e. The standard InChI is InChI=1S/C23H21F2N3O2/c1-14-12-18(10-11-19(14)30-21(24)25)23(20(29)28(2)22(26)27-23)17-5-3-4-16(13-17)9-8-15-6-7-15/h3-5,10-13,15,21H,6-7H2,1-2H3,(H2,26,27)/t23-/m1/s1. The molecule has 0 bridgehead atoms. The van der Waals surface area contributed by atoms with Crippen molar-refractivity contribution in [1.82, 2.24) is 4.90 Å². The third-order valence-corrected chi connectivity index (χ3v) is 5.33. The second-order valence-corrected chi connectivity index (χ2v) is 7.53. The van der Waals surface area contributed by atoms with Crippen LogP contribution in [0.25, 0.3) is 0 Å². The number of nitrogens with zero attached hydrogens (tertiary/aromatic N) is 2. The smallest absolute Gasteiger partial charge is 0.387 e. The predicted octanol–water partition coefficient (Wildman–Crippen LogP) is 3.39. The Hall–Kier alpha value is -3.40. The lowest BCUT2D eigenvalue weighted by Crippen LogP contribution is -2.41. The highest BCUT2D eigenvalue weighted by atomic mass is 19.3. The van der Waals surface area contributed by atoms with E-state index in [1.165, 1.54) is 11.0 Å². The van der Waals surface area contributed by atoms with E-state index in [1.807, 2.05) is 18.2 Å². The molecule has 2 aromatic rings. The summed E-state index contributed by atoms with van der Waals surface area (Å²) in [6.45, 7) is -1.29. The summed E-state index contributed by atoms with van der Waals surface area (Å²) in [5.41, 5.74) is 6.97. The van der Waals surface area contributed by atoms with E-state index in [0.717, 1.165) is 18.4 Å². The molecule has 0 unspecified atom stereocenters. The van der Waals surface area contributed by atoms with E-state index in [4.69, 9.17) is 5.73 Å². The number of carbonyl (C=O) groups is 1. The number of halogens is 2. The fourth-order valence-corrected chi connectivity index (χ4v) is 3.52. The number of guanidine groups is 1. The van der Waals surface area contributed by atoms with Gasteiger partial charge in [-0.2, -0.15) is 8.78 Å². The number of nitrogens with two attached hydrogens (primary N) is 1. The van der Waals surface area contributed by atoms with Crippen molar-refractivity contribution in [3.8, 4) is 17.6 Å². The molecular weight excluding hydrogens is 388 g/mol. The minimum atomic E-state index is -2.93. The molecule has 154 valence electrons. The van der Waals surface area contributed by atoms with E-state index in [0.29, 0.717) is 22.6 Å². The molecule has 1 aliphatic heterocycles. The van der Waals surface area contributed by atoms with E-state index in [9.17, 15) is 13.6 Å². The highest BCUT2D eigenvalue weighted by Gasteiger charge is 2.49. The number of alkyl halides is 2. The van der Waals surface area contributed by atoms with Crippen LogP contribution in [-0.4, -0.2) is 30.4 Å². The van der Waals surface area contributed by atoms with Gasteiger partial charge in [-0.3, -0.25) is 9.69 Å². The largest absolute Gasteiger partial charge is 0.435 e. The van der Waals surface area contributed by atoms with Crippen LogP contribution in [0.2, 0.25) is 0 Å². The van der Waals surface area contributed by atoms with E-state index < -0.39 is 12.2 Å². The van der Waals surface area contributed by atoms with Gasteiger partial charge in [0.15, 0.2) is 11.5 Å². The molecule has 1 aliphatic carbocycles. The number of carbonyl (C=O) groups excluding carboxylic acids is 1. The molecule has 0 aromatic heterocycles. The normalized spacial score (nSPS) is 20.8. The molecule has 4 rings (SSSR count). The van der Waals surface area contributed by atoms with Crippen molar-refractivity contribution in [3.63, 3.8) is 0 Å². The lowest BCUT2D eigenvalue weighted by Gasteiger charge is -2.27. The van der Waals surface area contributed by atoms with Crippen LogP contribution in [0.15, 0.2) is 47.5 Å². The van der Waals surface area contributed by atoms with E-state index in [1.54, 1.807) is 32.2 Å². The Morgan fingerprint density at radius 3 is 2.57 bits per heavy atom. The maximum Gasteiger partial charge on any atom is 0.387 e. The molecule has 7 heteroatoms. The summed E-state index contributed by atoms with van der Waals surface area (Å²) in [6, 6.07) is 12.0. The number of hydrogen-bond donors (Lipinski definition) is 1. The molecule has 30 heavy (non-hydrogen) atoms. The highest BCUT2D eigenvalue weighted by Crippen LogP contribution is 2.41. The van der Waals surface area contributed by atoms with Crippen molar-refractivity contribution in [1.29, 1.82) is 0 Å². The predicted molar refractivity (Wildman–Crippen MR) is 109 cm³/mol. The van der Waals surface area contributed by atoms with Crippen LogP contribution in [0.1, 0.15) is 35.1 Å². The van der Waals surface area contributed by atoms with E-state index in [-0.39, 0.29) is 17.6 Å². The zero-order valence-corrected chi connectivity index (χ0v) is 16.7. The van der Waals surface area contributed by atoms with Gasteiger partial charge in [0.2, 0.25) is 0 Å². The van der Waals surface area contributed by atoms with Crippen LogP contribution in [0.3, 0.4) is 0 Å². The van der Waals surface area contributed by atoms with Crippen LogP contribution in [-0.2, 0) is 10.3 Å². The summed E-state index contributed by atoms with van der Waals surface area (Å²) < 4.78 is 29.8. The molecule has 2 aromatic carbocycles. The summed E-state index contributed by atoms with van der Waals surface area (Å²) in [5.74, 6) is 6.62. The average molecular weight is 409 g/mol. The lowest BCUT2D eigenvalue weighted by molar-refractivity contribution is -0.129. The van der Waals surface area contributed by atoms with Gasteiger partial charge in [-0.25, -0.2) is 4.99 Å². The first-order valence-corrected chi connectivity index (χ1v) is 9.63. The van der Waals surface area contributed by atoms with E-state index in [2.05, 4.69) is 21.6 Å². The molecule has 1 fully saturated rings. The SMILES string of the molecule is Cc1cc([C@@]2(c3cccc(C#CC4CC4)c3)N=C(N)N(C)C2=O)ccc1OC(F)F. The Labute approximate surface area is 173 Å². The summed E-state index contributed by atoms with van der Waals surface area (Å²) >= 11 is 0. The maximum absolute atomic E-state index is 13.3. The molecule has 5 nitrogen and oxygen atoms in total. The number of likely N-dealkylation sites (N-methyl/N-ethyl adjacent to an activating group) is 1. The molecule has 2 N–H and O–H groups in total. The van der Waals surface area contributed by atoms with Crippen LogP contribution in [0.5, 0.6) is 5.75 Å². The zero-order valence-electron chi connectivity index (χ0n) is 16.7. The second kappa shape index (κ2) is 7.45. The Morgan fingerprint density at radius 2 is 1.97 bits per heavy atom. The number of rotatable bonds is 4. The minimum absolute atomic E-state index is 0.0451.